The molecule has 5 N–H and O–H groups in total. The number of rotatable bonds is 9. The number of primary amides is 2. The Morgan fingerprint density at radius 2 is 1.48 bits per heavy atom. The second kappa shape index (κ2) is 9.55. The van der Waals surface area contributed by atoms with Gasteiger partial charge in [-0.05, 0) is 27.2 Å². The van der Waals surface area contributed by atoms with Crippen molar-refractivity contribution in [1.82, 2.24) is 10.4 Å². The molecule has 1 unspecified atom stereocenters. The summed E-state index contributed by atoms with van der Waals surface area (Å²) in [7, 11) is -3.26. The lowest BCUT2D eigenvalue weighted by atomic mass is 10.4. The van der Waals surface area contributed by atoms with Gasteiger partial charge in [-0.3, -0.25) is 0 Å². The third-order valence-electron chi connectivity index (χ3n) is 2.61. The summed E-state index contributed by atoms with van der Waals surface area (Å²) < 4.78 is 17.2. The highest BCUT2D eigenvalue weighted by molar-refractivity contribution is 6.62. The molecular formula is C11H26N4O5Si. The minimum absolute atomic E-state index is 0.339. The van der Waals surface area contributed by atoms with Crippen molar-refractivity contribution >= 4 is 20.9 Å². The maximum Gasteiger partial charge on any atom is 0.527 e. The van der Waals surface area contributed by atoms with Crippen molar-refractivity contribution in [2.24, 2.45) is 11.5 Å². The minimum atomic E-state index is -3.26. The number of amides is 4. The fourth-order valence-electron chi connectivity index (χ4n) is 2.01. The van der Waals surface area contributed by atoms with Crippen LogP contribution in [0.2, 0.25) is 0 Å². The predicted molar refractivity (Wildman–Crippen MR) is 78.9 cm³/mol. The molecule has 0 aliphatic heterocycles. The van der Waals surface area contributed by atoms with E-state index in [2.05, 4.69) is 5.43 Å². The first kappa shape index (κ1) is 19.6. The largest absolute Gasteiger partial charge is 0.527 e. The van der Waals surface area contributed by atoms with Crippen molar-refractivity contribution < 1.29 is 22.9 Å². The molecule has 0 aliphatic carbocycles. The number of urea groups is 2. The first-order valence-corrected chi connectivity index (χ1v) is 8.75. The van der Waals surface area contributed by atoms with E-state index in [4.69, 9.17) is 24.7 Å². The SMILES string of the molecule is CCO[Si](OCC)(OCC)C(CC)N(NC(N)=O)C(N)=O. The highest BCUT2D eigenvalue weighted by atomic mass is 28.4. The van der Waals surface area contributed by atoms with Gasteiger partial charge in [-0.15, -0.1) is 0 Å². The molecule has 0 radical (unpaired) electrons. The van der Waals surface area contributed by atoms with Gasteiger partial charge in [0.15, 0.2) is 0 Å². The van der Waals surface area contributed by atoms with Crippen LogP contribution in [0.4, 0.5) is 9.59 Å². The molecule has 0 saturated heterocycles. The van der Waals surface area contributed by atoms with E-state index >= 15 is 0 Å². The highest BCUT2D eigenvalue weighted by Gasteiger charge is 2.53. The Kier molecular flexibility index (Phi) is 8.93. The van der Waals surface area contributed by atoms with E-state index in [1.54, 1.807) is 20.8 Å². The molecule has 21 heavy (non-hydrogen) atoms. The van der Waals surface area contributed by atoms with Gasteiger partial charge in [-0.2, -0.15) is 0 Å². The Labute approximate surface area is 126 Å². The van der Waals surface area contributed by atoms with Crippen LogP contribution < -0.4 is 16.9 Å². The van der Waals surface area contributed by atoms with Crippen LogP contribution in [-0.2, 0) is 13.3 Å². The van der Waals surface area contributed by atoms with Gasteiger partial charge in [0.2, 0.25) is 0 Å². The van der Waals surface area contributed by atoms with Crippen molar-refractivity contribution in [3.05, 3.63) is 0 Å². The molecule has 124 valence electrons. The summed E-state index contributed by atoms with van der Waals surface area (Å²) in [6.07, 6.45) is 0.412. The van der Waals surface area contributed by atoms with Gasteiger partial charge < -0.3 is 24.7 Å². The molecule has 0 aromatic carbocycles. The normalized spacial score (nSPS) is 12.8. The number of nitrogens with one attached hydrogen (secondary N) is 1. The Balaban J connectivity index is 5.60. The first-order valence-electron chi connectivity index (χ1n) is 6.94. The van der Waals surface area contributed by atoms with Crippen LogP contribution >= 0.6 is 0 Å². The van der Waals surface area contributed by atoms with Gasteiger partial charge in [-0.25, -0.2) is 20.0 Å². The van der Waals surface area contributed by atoms with Crippen LogP contribution in [0.5, 0.6) is 0 Å². The Hall–Kier alpha value is -1.36. The number of nitrogens with zero attached hydrogens (tertiary/aromatic N) is 1. The summed E-state index contributed by atoms with van der Waals surface area (Å²) in [5.74, 6) is 0. The van der Waals surface area contributed by atoms with Crippen LogP contribution in [0, 0.1) is 0 Å². The average molecular weight is 322 g/mol. The predicted octanol–water partition coefficient (Wildman–Crippen LogP) is 0.317. The van der Waals surface area contributed by atoms with E-state index in [-0.39, 0.29) is 0 Å². The van der Waals surface area contributed by atoms with Crippen molar-refractivity contribution in [2.75, 3.05) is 19.8 Å². The van der Waals surface area contributed by atoms with Gasteiger partial charge in [0.05, 0.1) is 0 Å². The summed E-state index contributed by atoms with van der Waals surface area (Å²) in [5.41, 5.74) is 11.9. The Bertz CT molecular complexity index is 328. The molecule has 10 heteroatoms. The summed E-state index contributed by atoms with van der Waals surface area (Å²) >= 11 is 0. The molecule has 0 bridgehead atoms. The van der Waals surface area contributed by atoms with Gasteiger partial charge in [0.1, 0.15) is 5.67 Å². The Morgan fingerprint density at radius 3 is 1.71 bits per heavy atom. The number of hydrazine groups is 1. The molecule has 0 rings (SSSR count). The van der Waals surface area contributed by atoms with E-state index in [0.717, 1.165) is 5.01 Å². The maximum absolute atomic E-state index is 11.6. The zero-order valence-corrected chi connectivity index (χ0v) is 14.0. The molecule has 1 atom stereocenters. The lowest BCUT2D eigenvalue weighted by Crippen LogP contribution is -2.68. The zero-order valence-electron chi connectivity index (χ0n) is 13.0. The average Bonchev–Trinajstić information content (AvgIpc) is 2.38. The van der Waals surface area contributed by atoms with Gasteiger partial charge in [0.25, 0.3) is 0 Å². The zero-order chi connectivity index (χ0) is 16.5. The lowest BCUT2D eigenvalue weighted by Gasteiger charge is -2.39. The molecule has 0 saturated carbocycles. The van der Waals surface area contributed by atoms with E-state index in [1.807, 2.05) is 6.92 Å². The monoisotopic (exact) mass is 322 g/mol. The summed E-state index contributed by atoms with van der Waals surface area (Å²) in [5, 5.41) is 0.926. The summed E-state index contributed by atoms with van der Waals surface area (Å²) in [6.45, 7) is 8.21. The van der Waals surface area contributed by atoms with E-state index in [0.29, 0.717) is 26.2 Å². The maximum atomic E-state index is 11.6. The van der Waals surface area contributed by atoms with Crippen LogP contribution in [0.15, 0.2) is 0 Å². The van der Waals surface area contributed by atoms with Crippen LogP contribution in [0.3, 0.4) is 0 Å². The van der Waals surface area contributed by atoms with Crippen molar-refractivity contribution in [1.29, 1.82) is 0 Å². The van der Waals surface area contributed by atoms with Crippen molar-refractivity contribution in [2.45, 2.75) is 39.8 Å². The molecule has 0 fully saturated rings. The highest BCUT2D eigenvalue weighted by Crippen LogP contribution is 2.22. The standard InChI is InChI=1S/C11H26N4O5Si/c1-5-9(15(11(13)17)14-10(12)16)21(18-6-2,19-7-3)20-8-4/h9H,5-8H2,1-4H3,(H2,13,17)(H3,12,14,16). The van der Waals surface area contributed by atoms with Gasteiger partial charge >= 0.3 is 20.9 Å². The molecule has 0 aromatic rings. The quantitative estimate of drug-likeness (QED) is 0.416. The summed E-state index contributed by atoms with van der Waals surface area (Å²) in [6, 6.07) is -1.77. The number of carbonyl (C=O) groups is 2. The second-order valence-electron chi connectivity index (χ2n) is 4.01. The van der Waals surface area contributed by atoms with E-state index in [1.165, 1.54) is 0 Å². The van der Waals surface area contributed by atoms with Crippen LogP contribution in [-0.4, -0.2) is 51.4 Å². The van der Waals surface area contributed by atoms with Gasteiger partial charge in [-0.1, -0.05) is 6.92 Å². The van der Waals surface area contributed by atoms with Crippen LogP contribution in [0.25, 0.3) is 0 Å². The third-order valence-corrected chi connectivity index (χ3v) is 6.17. The molecule has 0 spiro atoms. The molecule has 0 heterocycles. The number of nitrogens with two attached hydrogens (primary N) is 2. The topological polar surface area (TPSA) is 129 Å². The number of hydrogen-bond acceptors (Lipinski definition) is 5. The molecule has 9 nitrogen and oxygen atoms in total. The van der Waals surface area contributed by atoms with Crippen LogP contribution in [0.1, 0.15) is 34.1 Å². The fourth-order valence-corrected chi connectivity index (χ4v) is 5.06. The Morgan fingerprint density at radius 1 is 1.05 bits per heavy atom. The third kappa shape index (κ3) is 5.50. The summed E-state index contributed by atoms with van der Waals surface area (Å²) in [4.78, 5) is 22.7. The minimum Gasteiger partial charge on any atom is -0.373 e. The molecule has 0 aliphatic rings. The van der Waals surface area contributed by atoms with E-state index in [9.17, 15) is 9.59 Å². The lowest BCUT2D eigenvalue weighted by molar-refractivity contribution is 0.0351. The number of carbonyl (C=O) groups excluding carboxylic acids is 2. The molecular weight excluding hydrogens is 296 g/mol. The fraction of sp³-hybridized carbons (Fsp3) is 0.818. The second-order valence-corrected chi connectivity index (χ2v) is 6.75. The van der Waals surface area contributed by atoms with Gasteiger partial charge in [0, 0.05) is 19.8 Å². The number of hydrogen-bond donors (Lipinski definition) is 3. The molecule has 4 amide bonds. The van der Waals surface area contributed by atoms with Crippen molar-refractivity contribution in [3.63, 3.8) is 0 Å². The molecule has 0 aromatic heterocycles. The smallest absolute Gasteiger partial charge is 0.373 e. The van der Waals surface area contributed by atoms with Crippen molar-refractivity contribution in [3.8, 4) is 0 Å². The first-order chi connectivity index (χ1) is 9.88. The van der Waals surface area contributed by atoms with E-state index < -0.39 is 26.5 Å².